The molecule has 2 rings (SSSR count). The highest BCUT2D eigenvalue weighted by molar-refractivity contribution is 6.30. The molecule has 106 valence electrons. The van der Waals surface area contributed by atoms with E-state index in [9.17, 15) is 14.0 Å². The Balaban J connectivity index is 2.17. The fraction of sp³-hybridized carbons (Fsp3) is 0.231. The van der Waals surface area contributed by atoms with Crippen LogP contribution < -0.4 is 5.32 Å². The third-order valence-corrected chi connectivity index (χ3v) is 2.73. The van der Waals surface area contributed by atoms with Crippen molar-refractivity contribution in [3.05, 3.63) is 40.8 Å². The predicted molar refractivity (Wildman–Crippen MR) is 69.4 cm³/mol. The molecule has 1 heterocycles. The Morgan fingerprint density at radius 2 is 1.85 bits per heavy atom. The van der Waals surface area contributed by atoms with Crippen LogP contribution in [-0.2, 0) is 19.1 Å². The summed E-state index contributed by atoms with van der Waals surface area (Å²) in [6.07, 6.45) is 1.10. The standard InChI is InChI=1S/C13H11ClFNO4/c1-13(2)19-11(17)8(12(18)20-13)6-16-7-3-4-9(14)10(15)5-7/h3-6,16H,1-2H3. The Hall–Kier alpha value is -2.08. The number of nitrogens with one attached hydrogen (secondary N) is 1. The number of anilines is 1. The van der Waals surface area contributed by atoms with E-state index in [0.717, 1.165) is 12.3 Å². The highest BCUT2D eigenvalue weighted by Gasteiger charge is 2.38. The summed E-state index contributed by atoms with van der Waals surface area (Å²) >= 11 is 5.54. The second kappa shape index (κ2) is 5.13. The number of esters is 2. The Kier molecular flexibility index (Phi) is 3.67. The number of halogens is 2. The van der Waals surface area contributed by atoms with E-state index in [1.54, 1.807) is 0 Å². The van der Waals surface area contributed by atoms with Crippen LogP contribution in [0, 0.1) is 5.82 Å². The highest BCUT2D eigenvalue weighted by atomic mass is 35.5. The molecule has 0 spiro atoms. The van der Waals surface area contributed by atoms with E-state index >= 15 is 0 Å². The van der Waals surface area contributed by atoms with Crippen molar-refractivity contribution < 1.29 is 23.5 Å². The molecule has 0 aliphatic carbocycles. The van der Waals surface area contributed by atoms with Gasteiger partial charge >= 0.3 is 11.9 Å². The second-order valence-corrected chi connectivity index (χ2v) is 4.92. The molecule has 20 heavy (non-hydrogen) atoms. The van der Waals surface area contributed by atoms with Crippen LogP contribution in [0.1, 0.15) is 13.8 Å². The van der Waals surface area contributed by atoms with Crippen LogP contribution in [0.25, 0.3) is 0 Å². The fourth-order valence-electron chi connectivity index (χ4n) is 1.52. The zero-order chi connectivity index (χ0) is 14.9. The van der Waals surface area contributed by atoms with Crippen LogP contribution in [0.3, 0.4) is 0 Å². The van der Waals surface area contributed by atoms with Gasteiger partial charge in [0.25, 0.3) is 5.79 Å². The average Bonchev–Trinajstić information content (AvgIpc) is 2.31. The van der Waals surface area contributed by atoms with Crippen molar-refractivity contribution in [2.45, 2.75) is 19.6 Å². The van der Waals surface area contributed by atoms with E-state index in [1.165, 1.54) is 26.0 Å². The number of ether oxygens (including phenoxy) is 2. The zero-order valence-corrected chi connectivity index (χ0v) is 11.5. The first kappa shape index (κ1) is 14.3. The number of hydrogen-bond acceptors (Lipinski definition) is 5. The van der Waals surface area contributed by atoms with E-state index < -0.39 is 23.5 Å². The predicted octanol–water partition coefficient (Wildman–Crippen LogP) is 2.61. The number of rotatable bonds is 2. The Labute approximate surface area is 119 Å². The lowest BCUT2D eigenvalue weighted by Crippen LogP contribution is -2.42. The summed E-state index contributed by atoms with van der Waals surface area (Å²) in [5, 5.41) is 2.58. The van der Waals surface area contributed by atoms with Gasteiger partial charge in [0.05, 0.1) is 5.02 Å². The monoisotopic (exact) mass is 299 g/mol. The third-order valence-electron chi connectivity index (χ3n) is 2.42. The van der Waals surface area contributed by atoms with Gasteiger partial charge in [-0.1, -0.05) is 11.6 Å². The van der Waals surface area contributed by atoms with Gasteiger partial charge in [0.2, 0.25) is 0 Å². The van der Waals surface area contributed by atoms with Gasteiger partial charge in [-0.25, -0.2) is 14.0 Å². The third kappa shape index (κ3) is 3.08. The zero-order valence-electron chi connectivity index (χ0n) is 10.7. The molecule has 0 bridgehead atoms. The Morgan fingerprint density at radius 3 is 2.40 bits per heavy atom. The van der Waals surface area contributed by atoms with E-state index in [2.05, 4.69) is 5.32 Å². The number of hydrogen-bond donors (Lipinski definition) is 1. The first-order chi connectivity index (χ1) is 9.28. The Bertz CT molecular complexity index is 590. The van der Waals surface area contributed by atoms with Gasteiger partial charge in [0.15, 0.2) is 5.57 Å². The smallest absolute Gasteiger partial charge is 0.350 e. The lowest BCUT2D eigenvalue weighted by Gasteiger charge is -2.29. The quantitative estimate of drug-likeness (QED) is 0.516. The molecule has 1 aliphatic rings. The van der Waals surface area contributed by atoms with Gasteiger partial charge in [-0.05, 0) is 18.2 Å². The first-order valence-electron chi connectivity index (χ1n) is 5.67. The molecular formula is C13H11ClFNO4. The molecule has 0 saturated carbocycles. The highest BCUT2D eigenvalue weighted by Crippen LogP contribution is 2.23. The van der Waals surface area contributed by atoms with E-state index in [0.29, 0.717) is 5.69 Å². The van der Waals surface area contributed by atoms with Crippen molar-refractivity contribution in [1.29, 1.82) is 0 Å². The van der Waals surface area contributed by atoms with Crippen molar-refractivity contribution in [1.82, 2.24) is 0 Å². The molecule has 0 radical (unpaired) electrons. The van der Waals surface area contributed by atoms with Crippen LogP contribution in [0.2, 0.25) is 5.02 Å². The molecule has 0 aromatic heterocycles. The molecular weight excluding hydrogens is 289 g/mol. The maximum Gasteiger partial charge on any atom is 0.350 e. The van der Waals surface area contributed by atoms with Crippen LogP contribution in [0.4, 0.5) is 10.1 Å². The van der Waals surface area contributed by atoms with Crippen molar-refractivity contribution >= 4 is 29.2 Å². The molecule has 1 N–H and O–H groups in total. The van der Waals surface area contributed by atoms with Crippen LogP contribution in [0.15, 0.2) is 30.0 Å². The minimum atomic E-state index is -1.29. The molecule has 0 amide bonds. The number of carbonyl (C=O) groups is 2. The molecule has 1 aliphatic heterocycles. The van der Waals surface area contributed by atoms with Crippen LogP contribution >= 0.6 is 11.6 Å². The number of benzene rings is 1. The molecule has 1 aromatic carbocycles. The molecule has 1 fully saturated rings. The SMILES string of the molecule is CC1(C)OC(=O)C(=CNc2ccc(Cl)c(F)c2)C(=O)O1. The summed E-state index contributed by atoms with van der Waals surface area (Å²) in [6, 6.07) is 3.97. The van der Waals surface area contributed by atoms with Gasteiger partial charge in [-0.15, -0.1) is 0 Å². The van der Waals surface area contributed by atoms with Crippen molar-refractivity contribution in [2.75, 3.05) is 5.32 Å². The summed E-state index contributed by atoms with van der Waals surface area (Å²) < 4.78 is 23.0. The second-order valence-electron chi connectivity index (χ2n) is 4.51. The summed E-state index contributed by atoms with van der Waals surface area (Å²) in [5.74, 6) is -3.54. The average molecular weight is 300 g/mol. The minimum absolute atomic E-state index is 0.0264. The van der Waals surface area contributed by atoms with Crippen LogP contribution in [-0.4, -0.2) is 17.7 Å². The maximum atomic E-state index is 13.2. The summed E-state index contributed by atoms with van der Waals surface area (Å²) in [5.41, 5.74) is 0.0181. The number of cyclic esters (lactones) is 2. The molecule has 1 saturated heterocycles. The van der Waals surface area contributed by atoms with Gasteiger partial charge in [0.1, 0.15) is 5.82 Å². The van der Waals surface area contributed by atoms with Gasteiger partial charge in [-0.2, -0.15) is 0 Å². The van der Waals surface area contributed by atoms with Gasteiger partial charge < -0.3 is 14.8 Å². The fourth-order valence-corrected chi connectivity index (χ4v) is 1.64. The number of carbonyl (C=O) groups excluding carboxylic acids is 2. The van der Waals surface area contributed by atoms with Crippen molar-refractivity contribution in [2.24, 2.45) is 0 Å². The summed E-state index contributed by atoms with van der Waals surface area (Å²) in [7, 11) is 0. The van der Waals surface area contributed by atoms with E-state index in [1.807, 2.05) is 0 Å². The topological polar surface area (TPSA) is 64.6 Å². The normalized spacial score (nSPS) is 17.3. The molecule has 5 nitrogen and oxygen atoms in total. The van der Waals surface area contributed by atoms with Gasteiger partial charge in [0, 0.05) is 25.7 Å². The van der Waals surface area contributed by atoms with Crippen LogP contribution in [0.5, 0.6) is 0 Å². The first-order valence-corrected chi connectivity index (χ1v) is 6.05. The Morgan fingerprint density at radius 1 is 1.25 bits per heavy atom. The summed E-state index contributed by atoms with van der Waals surface area (Å²) in [4.78, 5) is 23.3. The molecule has 0 atom stereocenters. The minimum Gasteiger partial charge on any atom is -0.419 e. The maximum absolute atomic E-state index is 13.2. The van der Waals surface area contributed by atoms with E-state index in [-0.39, 0.29) is 10.6 Å². The largest absolute Gasteiger partial charge is 0.419 e. The van der Waals surface area contributed by atoms with E-state index in [4.69, 9.17) is 21.1 Å². The lowest BCUT2D eigenvalue weighted by atomic mass is 10.2. The molecule has 1 aromatic rings. The van der Waals surface area contributed by atoms with Gasteiger partial charge in [-0.3, -0.25) is 0 Å². The van der Waals surface area contributed by atoms with Crippen molar-refractivity contribution in [3.8, 4) is 0 Å². The lowest BCUT2D eigenvalue weighted by molar-refractivity contribution is -0.222. The molecule has 0 unspecified atom stereocenters. The van der Waals surface area contributed by atoms with Crippen molar-refractivity contribution in [3.63, 3.8) is 0 Å². The molecule has 7 heteroatoms. The summed E-state index contributed by atoms with van der Waals surface area (Å²) in [6.45, 7) is 2.89.